The Morgan fingerprint density at radius 3 is 2.49 bits per heavy atom. The standard InChI is InChI=1S/C27H34FN3O6/c1-3-34-22-15-18(16-23(25(22)28)35-4-2)17-31(19-10-12-29-13-11-19)27-30-20-7-5-8-21(26(20)37-27)36-14-6-9-24(32)33/h5,7-8,15-16,19,29H,3-4,6,9-14,17H2,1-2H3,(H,32,33). The Kier molecular flexibility index (Phi) is 9.05. The zero-order valence-corrected chi connectivity index (χ0v) is 21.3. The highest BCUT2D eigenvalue weighted by Crippen LogP contribution is 2.35. The Bertz CT molecular complexity index is 1170. The zero-order chi connectivity index (χ0) is 26.2. The van der Waals surface area contributed by atoms with Crippen molar-refractivity contribution in [2.24, 2.45) is 0 Å². The van der Waals surface area contributed by atoms with Crippen LogP contribution < -0.4 is 24.4 Å². The molecule has 1 saturated heterocycles. The number of hydrogen-bond acceptors (Lipinski definition) is 8. The van der Waals surface area contributed by atoms with E-state index < -0.39 is 11.8 Å². The van der Waals surface area contributed by atoms with Crippen molar-refractivity contribution < 1.29 is 32.9 Å². The monoisotopic (exact) mass is 515 g/mol. The van der Waals surface area contributed by atoms with E-state index in [0.29, 0.717) is 49.0 Å². The third-order valence-corrected chi connectivity index (χ3v) is 6.17. The Hall–Kier alpha value is -3.53. The Labute approximate surface area is 215 Å². The predicted octanol–water partition coefficient (Wildman–Crippen LogP) is 4.77. The number of carbonyl (C=O) groups is 1. The molecule has 3 aromatic rings. The maximum absolute atomic E-state index is 14.8. The van der Waals surface area contributed by atoms with Gasteiger partial charge in [-0.15, -0.1) is 0 Å². The highest BCUT2D eigenvalue weighted by atomic mass is 19.1. The van der Waals surface area contributed by atoms with Crippen LogP contribution in [0.5, 0.6) is 17.2 Å². The molecule has 9 nitrogen and oxygen atoms in total. The number of ether oxygens (including phenoxy) is 3. The lowest BCUT2D eigenvalue weighted by Gasteiger charge is -2.33. The number of hydrogen-bond donors (Lipinski definition) is 2. The van der Waals surface area contributed by atoms with Gasteiger partial charge in [-0.2, -0.15) is 9.37 Å². The van der Waals surface area contributed by atoms with Crippen molar-refractivity contribution in [2.45, 2.75) is 52.1 Å². The van der Waals surface area contributed by atoms with Gasteiger partial charge in [-0.3, -0.25) is 4.79 Å². The molecule has 200 valence electrons. The third kappa shape index (κ3) is 6.62. The molecule has 0 saturated carbocycles. The second-order valence-corrected chi connectivity index (χ2v) is 8.83. The molecule has 1 aliphatic heterocycles. The van der Waals surface area contributed by atoms with E-state index in [0.717, 1.165) is 31.5 Å². The van der Waals surface area contributed by atoms with Gasteiger partial charge in [0.2, 0.25) is 5.82 Å². The molecule has 0 unspecified atom stereocenters. The summed E-state index contributed by atoms with van der Waals surface area (Å²) in [7, 11) is 0. The van der Waals surface area contributed by atoms with Gasteiger partial charge in [0.15, 0.2) is 22.8 Å². The van der Waals surface area contributed by atoms with Gasteiger partial charge in [-0.25, -0.2) is 0 Å². The number of nitrogens with zero attached hydrogens (tertiary/aromatic N) is 2. The molecule has 0 aliphatic carbocycles. The average Bonchev–Trinajstić information content (AvgIpc) is 3.33. The molecule has 10 heteroatoms. The maximum Gasteiger partial charge on any atom is 0.303 e. The molecule has 0 spiro atoms. The number of rotatable bonds is 13. The molecule has 0 radical (unpaired) electrons. The number of aliphatic carboxylic acids is 1. The van der Waals surface area contributed by atoms with E-state index in [1.54, 1.807) is 18.2 Å². The average molecular weight is 516 g/mol. The van der Waals surface area contributed by atoms with Crippen LogP contribution in [0.15, 0.2) is 34.7 Å². The smallest absolute Gasteiger partial charge is 0.303 e. The first-order valence-corrected chi connectivity index (χ1v) is 12.8. The second kappa shape index (κ2) is 12.6. The molecular weight excluding hydrogens is 481 g/mol. The summed E-state index contributed by atoms with van der Waals surface area (Å²) in [5, 5.41) is 12.3. The van der Waals surface area contributed by atoms with E-state index >= 15 is 0 Å². The van der Waals surface area contributed by atoms with Gasteiger partial charge in [0, 0.05) is 19.0 Å². The molecular formula is C27H34FN3O6. The normalized spacial score (nSPS) is 14.0. The summed E-state index contributed by atoms with van der Waals surface area (Å²) in [5.41, 5.74) is 1.98. The maximum atomic E-state index is 14.8. The second-order valence-electron chi connectivity index (χ2n) is 8.83. The molecule has 1 aromatic heterocycles. The van der Waals surface area contributed by atoms with E-state index in [1.165, 1.54) is 0 Å². The number of oxazole rings is 1. The SMILES string of the molecule is CCOc1cc(CN(c2nc3cccc(OCCCC(=O)O)c3o2)C2CCNCC2)cc(OCC)c1F. The van der Waals surface area contributed by atoms with Gasteiger partial charge < -0.3 is 34.0 Å². The van der Waals surface area contributed by atoms with Gasteiger partial charge in [0.1, 0.15) is 5.52 Å². The van der Waals surface area contributed by atoms with E-state index in [2.05, 4.69) is 10.2 Å². The fraction of sp³-hybridized carbons (Fsp3) is 0.481. The summed E-state index contributed by atoms with van der Waals surface area (Å²) in [6.45, 7) is 6.73. The predicted molar refractivity (Wildman–Crippen MR) is 137 cm³/mol. The fourth-order valence-electron chi connectivity index (χ4n) is 4.46. The Morgan fingerprint density at radius 2 is 1.84 bits per heavy atom. The number of piperidine rings is 1. The minimum Gasteiger partial charge on any atom is -0.491 e. The van der Waals surface area contributed by atoms with Crippen LogP contribution in [-0.4, -0.2) is 55.0 Å². The van der Waals surface area contributed by atoms with Crippen LogP contribution in [0, 0.1) is 5.82 Å². The van der Waals surface area contributed by atoms with E-state index in [1.807, 2.05) is 26.0 Å². The Balaban J connectivity index is 1.65. The van der Waals surface area contributed by atoms with E-state index in [9.17, 15) is 9.18 Å². The molecule has 2 N–H and O–H groups in total. The number of aromatic nitrogens is 1. The molecule has 1 fully saturated rings. The van der Waals surface area contributed by atoms with Crippen molar-refractivity contribution in [3.8, 4) is 17.2 Å². The van der Waals surface area contributed by atoms with E-state index in [4.69, 9.17) is 28.7 Å². The number of para-hydroxylation sites is 1. The highest BCUT2D eigenvalue weighted by Gasteiger charge is 2.27. The number of nitrogens with one attached hydrogen (secondary N) is 1. The first-order valence-electron chi connectivity index (χ1n) is 12.8. The van der Waals surface area contributed by atoms with Crippen molar-refractivity contribution in [3.63, 3.8) is 0 Å². The van der Waals surface area contributed by atoms with Crippen LogP contribution in [0.25, 0.3) is 11.1 Å². The van der Waals surface area contributed by atoms with Crippen LogP contribution in [0.4, 0.5) is 10.4 Å². The van der Waals surface area contributed by atoms with Gasteiger partial charge in [0.05, 0.1) is 19.8 Å². The first kappa shape index (κ1) is 26.5. The van der Waals surface area contributed by atoms with Crippen LogP contribution >= 0.6 is 0 Å². The van der Waals surface area contributed by atoms with Gasteiger partial charge in [0.25, 0.3) is 6.01 Å². The largest absolute Gasteiger partial charge is 0.491 e. The number of anilines is 1. The van der Waals surface area contributed by atoms with Crippen LogP contribution in [0.1, 0.15) is 45.1 Å². The van der Waals surface area contributed by atoms with Crippen molar-refractivity contribution in [3.05, 3.63) is 41.7 Å². The van der Waals surface area contributed by atoms with Gasteiger partial charge in [-0.05, 0) is 76.0 Å². The number of fused-ring (bicyclic) bond motifs is 1. The van der Waals surface area contributed by atoms with Crippen molar-refractivity contribution >= 4 is 23.1 Å². The quantitative estimate of drug-likeness (QED) is 0.312. The minimum absolute atomic E-state index is 0.0340. The van der Waals surface area contributed by atoms with Crippen molar-refractivity contribution in [1.82, 2.24) is 10.3 Å². The Morgan fingerprint density at radius 1 is 1.14 bits per heavy atom. The molecule has 0 atom stereocenters. The molecule has 2 aromatic carbocycles. The first-order chi connectivity index (χ1) is 18.0. The third-order valence-electron chi connectivity index (χ3n) is 6.17. The van der Waals surface area contributed by atoms with Crippen molar-refractivity contribution in [2.75, 3.05) is 37.8 Å². The van der Waals surface area contributed by atoms with Crippen LogP contribution in [-0.2, 0) is 11.3 Å². The summed E-state index contributed by atoms with van der Waals surface area (Å²) in [4.78, 5) is 17.7. The number of carboxylic acid groups (broad SMARTS) is 1. The fourth-order valence-corrected chi connectivity index (χ4v) is 4.46. The van der Waals surface area contributed by atoms with Gasteiger partial charge in [-0.1, -0.05) is 6.07 Å². The molecule has 2 heterocycles. The zero-order valence-electron chi connectivity index (χ0n) is 21.3. The summed E-state index contributed by atoms with van der Waals surface area (Å²) >= 11 is 0. The summed E-state index contributed by atoms with van der Waals surface area (Å²) in [6, 6.07) is 9.48. The number of carboxylic acids is 1. The number of halogens is 1. The molecule has 4 rings (SSSR count). The molecule has 37 heavy (non-hydrogen) atoms. The minimum atomic E-state index is -0.859. The molecule has 0 bridgehead atoms. The summed E-state index contributed by atoms with van der Waals surface area (Å²) in [5.74, 6) is -0.535. The van der Waals surface area contributed by atoms with Crippen LogP contribution in [0.2, 0.25) is 0 Å². The lowest BCUT2D eigenvalue weighted by molar-refractivity contribution is -0.137. The topological polar surface area (TPSA) is 106 Å². The number of benzene rings is 2. The van der Waals surface area contributed by atoms with Crippen LogP contribution in [0.3, 0.4) is 0 Å². The summed E-state index contributed by atoms with van der Waals surface area (Å²) < 4.78 is 38.0. The lowest BCUT2D eigenvalue weighted by atomic mass is 10.0. The molecule has 0 amide bonds. The van der Waals surface area contributed by atoms with Crippen molar-refractivity contribution in [1.29, 1.82) is 0 Å². The van der Waals surface area contributed by atoms with E-state index in [-0.39, 0.29) is 30.6 Å². The summed E-state index contributed by atoms with van der Waals surface area (Å²) in [6.07, 6.45) is 2.22. The lowest BCUT2D eigenvalue weighted by Crippen LogP contribution is -2.43. The van der Waals surface area contributed by atoms with Gasteiger partial charge >= 0.3 is 5.97 Å². The molecule has 1 aliphatic rings. The highest BCUT2D eigenvalue weighted by molar-refractivity contribution is 5.81.